The quantitative estimate of drug-likeness (QED) is 0.696. The normalized spacial score (nSPS) is 11.0. The molecule has 2 aromatic heterocycles. The van der Waals surface area contributed by atoms with Crippen LogP contribution in [0.3, 0.4) is 0 Å². The van der Waals surface area contributed by atoms with Gasteiger partial charge in [-0.2, -0.15) is 0 Å². The topological polar surface area (TPSA) is 87.2 Å². The number of esters is 1. The van der Waals surface area contributed by atoms with Crippen LogP contribution in [0.15, 0.2) is 18.5 Å². The lowest BCUT2D eigenvalue weighted by Crippen LogP contribution is -2.18. The van der Waals surface area contributed by atoms with Crippen molar-refractivity contribution in [1.29, 1.82) is 0 Å². The van der Waals surface area contributed by atoms with Crippen LogP contribution < -0.4 is 5.73 Å². The molecular weight excluding hydrogens is 282 g/mol. The zero-order valence-electron chi connectivity index (χ0n) is 11.1. The molecule has 0 fully saturated rings. The van der Waals surface area contributed by atoms with Crippen molar-refractivity contribution in [3.8, 4) is 0 Å². The molecule has 0 aromatic carbocycles. The van der Waals surface area contributed by atoms with Crippen molar-refractivity contribution in [3.05, 3.63) is 29.2 Å². The third kappa shape index (κ3) is 2.60. The van der Waals surface area contributed by atoms with Crippen LogP contribution in [0.2, 0.25) is 5.15 Å². The number of nitrogens with two attached hydrogens (primary N) is 1. The molecule has 0 aliphatic carbocycles. The number of carbonyl (C=O) groups excluding carboxylic acids is 2. The number of pyridine rings is 1. The van der Waals surface area contributed by atoms with Gasteiger partial charge in [-0.25, -0.2) is 14.6 Å². The first kappa shape index (κ1) is 14.3. The van der Waals surface area contributed by atoms with Crippen molar-refractivity contribution in [2.24, 2.45) is 11.7 Å². The first-order chi connectivity index (χ1) is 9.41. The van der Waals surface area contributed by atoms with Crippen LogP contribution in [0.25, 0.3) is 10.9 Å². The summed E-state index contributed by atoms with van der Waals surface area (Å²) >= 11 is 5.96. The van der Waals surface area contributed by atoms with E-state index in [2.05, 4.69) is 4.98 Å². The van der Waals surface area contributed by atoms with Gasteiger partial charge in [0.2, 0.25) is 0 Å². The van der Waals surface area contributed by atoms with E-state index in [-0.39, 0.29) is 16.6 Å². The van der Waals surface area contributed by atoms with Gasteiger partial charge in [0.15, 0.2) is 5.15 Å². The molecule has 106 valence electrons. The number of ether oxygens (including phenoxy) is 1. The molecule has 2 rings (SSSR count). The molecule has 7 heteroatoms. The highest BCUT2D eigenvalue weighted by Crippen LogP contribution is 2.26. The summed E-state index contributed by atoms with van der Waals surface area (Å²) in [7, 11) is 0. The van der Waals surface area contributed by atoms with Crippen molar-refractivity contribution in [1.82, 2.24) is 9.55 Å². The number of primary amides is 1. The number of fused-ring (bicyclic) bond motifs is 1. The standard InChI is InChI=1S/C13H14ClN3O3/c1-7(2)6-20-12(18)9-5-16-11(14)10-8(9)3-4-17(10)13(15)19/h3-5,7H,6H2,1-2H3,(H2,15,19). The maximum Gasteiger partial charge on any atom is 0.340 e. The Morgan fingerprint density at radius 2 is 2.20 bits per heavy atom. The molecule has 2 N–H and O–H groups in total. The minimum Gasteiger partial charge on any atom is -0.462 e. The Hall–Kier alpha value is -2.08. The Morgan fingerprint density at radius 1 is 1.50 bits per heavy atom. The Balaban J connectivity index is 2.48. The maximum atomic E-state index is 12.0. The van der Waals surface area contributed by atoms with Crippen LogP contribution in [0, 0.1) is 5.92 Å². The Kier molecular flexibility index (Phi) is 3.94. The third-order valence-electron chi connectivity index (χ3n) is 2.68. The van der Waals surface area contributed by atoms with E-state index in [1.165, 1.54) is 12.4 Å². The molecule has 0 unspecified atom stereocenters. The lowest BCUT2D eigenvalue weighted by molar-refractivity contribution is 0.0461. The number of amides is 1. The number of nitrogens with zero attached hydrogens (tertiary/aromatic N) is 2. The van der Waals surface area contributed by atoms with Crippen LogP contribution >= 0.6 is 11.6 Å². The van der Waals surface area contributed by atoms with E-state index >= 15 is 0 Å². The molecule has 0 radical (unpaired) electrons. The second-order valence-electron chi connectivity index (χ2n) is 4.74. The summed E-state index contributed by atoms with van der Waals surface area (Å²) < 4.78 is 6.30. The highest BCUT2D eigenvalue weighted by atomic mass is 35.5. The van der Waals surface area contributed by atoms with E-state index in [0.29, 0.717) is 17.5 Å². The average Bonchev–Trinajstić information content (AvgIpc) is 2.82. The van der Waals surface area contributed by atoms with E-state index in [9.17, 15) is 9.59 Å². The second-order valence-corrected chi connectivity index (χ2v) is 5.10. The summed E-state index contributed by atoms with van der Waals surface area (Å²) in [5.74, 6) is -0.278. The summed E-state index contributed by atoms with van der Waals surface area (Å²) in [6.45, 7) is 4.18. The van der Waals surface area contributed by atoms with Crippen LogP contribution in [-0.4, -0.2) is 28.2 Å². The van der Waals surface area contributed by atoms with Crippen LogP contribution in [-0.2, 0) is 4.74 Å². The summed E-state index contributed by atoms with van der Waals surface area (Å²) in [6.07, 6.45) is 2.78. The number of carbonyl (C=O) groups is 2. The zero-order chi connectivity index (χ0) is 14.9. The fourth-order valence-corrected chi connectivity index (χ4v) is 2.02. The monoisotopic (exact) mass is 295 g/mol. The summed E-state index contributed by atoms with van der Waals surface area (Å²) in [5.41, 5.74) is 5.80. The molecule has 0 saturated carbocycles. The van der Waals surface area contributed by atoms with Crippen molar-refractivity contribution in [3.63, 3.8) is 0 Å². The first-order valence-electron chi connectivity index (χ1n) is 6.04. The summed E-state index contributed by atoms with van der Waals surface area (Å²) in [4.78, 5) is 27.2. The number of hydrogen-bond donors (Lipinski definition) is 1. The van der Waals surface area contributed by atoms with Gasteiger partial charge in [-0.15, -0.1) is 0 Å². The molecule has 20 heavy (non-hydrogen) atoms. The molecular formula is C13H14ClN3O3. The van der Waals surface area contributed by atoms with E-state index < -0.39 is 12.0 Å². The van der Waals surface area contributed by atoms with Gasteiger partial charge >= 0.3 is 12.0 Å². The molecule has 6 nitrogen and oxygen atoms in total. The Labute approximate surface area is 120 Å². The number of hydrogen-bond acceptors (Lipinski definition) is 4. The summed E-state index contributed by atoms with van der Waals surface area (Å²) in [5, 5.41) is 0.585. The molecule has 0 bridgehead atoms. The van der Waals surface area contributed by atoms with Crippen LogP contribution in [0.1, 0.15) is 24.2 Å². The van der Waals surface area contributed by atoms with E-state index in [1.54, 1.807) is 6.07 Å². The average molecular weight is 296 g/mol. The predicted molar refractivity (Wildman–Crippen MR) is 74.8 cm³/mol. The molecule has 0 spiro atoms. The van der Waals surface area contributed by atoms with Crippen molar-refractivity contribution in [2.75, 3.05) is 6.61 Å². The van der Waals surface area contributed by atoms with Gasteiger partial charge in [-0.1, -0.05) is 25.4 Å². The van der Waals surface area contributed by atoms with Gasteiger partial charge < -0.3 is 10.5 Å². The molecule has 1 amide bonds. The molecule has 0 aliphatic heterocycles. The third-order valence-corrected chi connectivity index (χ3v) is 2.96. The highest BCUT2D eigenvalue weighted by Gasteiger charge is 2.18. The first-order valence-corrected chi connectivity index (χ1v) is 6.42. The van der Waals surface area contributed by atoms with Gasteiger partial charge in [0, 0.05) is 17.8 Å². The molecule has 0 atom stereocenters. The smallest absolute Gasteiger partial charge is 0.340 e. The molecule has 0 aliphatic rings. The van der Waals surface area contributed by atoms with Crippen molar-refractivity contribution < 1.29 is 14.3 Å². The number of rotatable bonds is 3. The zero-order valence-corrected chi connectivity index (χ0v) is 11.8. The minimum atomic E-state index is -0.698. The maximum absolute atomic E-state index is 12.0. The van der Waals surface area contributed by atoms with E-state index in [1.807, 2.05) is 13.8 Å². The van der Waals surface area contributed by atoms with Gasteiger partial charge in [0.1, 0.15) is 0 Å². The fraction of sp³-hybridized carbons (Fsp3) is 0.308. The van der Waals surface area contributed by atoms with E-state index in [4.69, 9.17) is 22.1 Å². The molecule has 0 saturated heterocycles. The molecule has 2 aromatic rings. The van der Waals surface area contributed by atoms with Crippen molar-refractivity contribution >= 4 is 34.5 Å². The van der Waals surface area contributed by atoms with Gasteiger partial charge in [0.25, 0.3) is 0 Å². The SMILES string of the molecule is CC(C)COC(=O)c1cnc(Cl)c2c1ccn2C(N)=O. The number of aromatic nitrogens is 2. The lowest BCUT2D eigenvalue weighted by Gasteiger charge is -2.08. The number of halogens is 1. The minimum absolute atomic E-state index is 0.101. The fourth-order valence-electron chi connectivity index (χ4n) is 1.78. The predicted octanol–water partition coefficient (Wildman–Crippen LogP) is 2.43. The highest BCUT2D eigenvalue weighted by molar-refractivity contribution is 6.34. The van der Waals surface area contributed by atoms with E-state index in [0.717, 1.165) is 4.57 Å². The second kappa shape index (κ2) is 5.50. The van der Waals surface area contributed by atoms with Crippen LogP contribution in [0.5, 0.6) is 0 Å². The molecule has 2 heterocycles. The Morgan fingerprint density at radius 3 is 2.80 bits per heavy atom. The van der Waals surface area contributed by atoms with Crippen molar-refractivity contribution in [2.45, 2.75) is 13.8 Å². The van der Waals surface area contributed by atoms with Gasteiger partial charge in [0.05, 0.1) is 17.7 Å². The van der Waals surface area contributed by atoms with Gasteiger partial charge in [-0.3, -0.25) is 4.57 Å². The Bertz CT molecular complexity index is 679. The lowest BCUT2D eigenvalue weighted by atomic mass is 10.2. The van der Waals surface area contributed by atoms with Gasteiger partial charge in [-0.05, 0) is 12.0 Å². The van der Waals surface area contributed by atoms with Crippen LogP contribution in [0.4, 0.5) is 4.79 Å². The summed E-state index contributed by atoms with van der Waals surface area (Å²) in [6, 6.07) is 0.885. The largest absolute Gasteiger partial charge is 0.462 e.